The standard InChI is InChI=1S/C27H29N3O5/c1-34-21-10-7-19(8-11-21)17-26(31)28-23-12-9-20(18-22(23)27(32)33)29-13-15-30(16-14-29)24-5-3-4-6-25(24)35-2/h3-12,18H,13-17H2,1-2H3,(H,28,31)(H,32,33). The van der Waals surface area contributed by atoms with Gasteiger partial charge < -0.3 is 29.7 Å². The van der Waals surface area contributed by atoms with E-state index in [0.29, 0.717) is 5.75 Å². The van der Waals surface area contributed by atoms with Gasteiger partial charge in [-0.05, 0) is 48.0 Å². The molecule has 1 amide bonds. The molecular formula is C27H29N3O5. The second kappa shape index (κ2) is 10.8. The number of rotatable bonds is 8. The topological polar surface area (TPSA) is 91.3 Å². The monoisotopic (exact) mass is 475 g/mol. The highest BCUT2D eigenvalue weighted by molar-refractivity contribution is 6.01. The third kappa shape index (κ3) is 5.66. The highest BCUT2D eigenvalue weighted by Crippen LogP contribution is 2.30. The molecule has 1 aliphatic heterocycles. The molecule has 1 heterocycles. The van der Waals surface area contributed by atoms with Crippen molar-refractivity contribution >= 4 is 28.9 Å². The molecule has 0 atom stereocenters. The average Bonchev–Trinajstić information content (AvgIpc) is 2.89. The fourth-order valence-electron chi connectivity index (χ4n) is 4.23. The fourth-order valence-corrected chi connectivity index (χ4v) is 4.23. The molecule has 0 saturated carbocycles. The summed E-state index contributed by atoms with van der Waals surface area (Å²) in [5, 5.41) is 12.5. The zero-order valence-corrected chi connectivity index (χ0v) is 19.9. The second-order valence-electron chi connectivity index (χ2n) is 8.25. The molecular weight excluding hydrogens is 446 g/mol. The Morgan fingerprint density at radius 3 is 2.23 bits per heavy atom. The highest BCUT2D eigenvalue weighted by Gasteiger charge is 2.22. The molecule has 3 aromatic rings. The van der Waals surface area contributed by atoms with Gasteiger partial charge in [0.1, 0.15) is 11.5 Å². The van der Waals surface area contributed by atoms with E-state index in [2.05, 4.69) is 15.1 Å². The summed E-state index contributed by atoms with van der Waals surface area (Å²) < 4.78 is 10.6. The van der Waals surface area contributed by atoms with E-state index in [1.165, 1.54) is 0 Å². The Balaban J connectivity index is 1.42. The van der Waals surface area contributed by atoms with Crippen molar-refractivity contribution in [2.75, 3.05) is 55.5 Å². The highest BCUT2D eigenvalue weighted by atomic mass is 16.5. The maximum absolute atomic E-state index is 12.6. The van der Waals surface area contributed by atoms with Gasteiger partial charge in [-0.2, -0.15) is 0 Å². The van der Waals surface area contributed by atoms with Gasteiger partial charge in [0.05, 0.1) is 37.6 Å². The number of piperazine rings is 1. The summed E-state index contributed by atoms with van der Waals surface area (Å²) in [5.74, 6) is 0.181. The summed E-state index contributed by atoms with van der Waals surface area (Å²) in [7, 11) is 3.25. The Kier molecular flexibility index (Phi) is 7.40. The summed E-state index contributed by atoms with van der Waals surface area (Å²) in [6.45, 7) is 3.03. The molecule has 4 rings (SSSR count). The lowest BCUT2D eigenvalue weighted by atomic mass is 10.1. The van der Waals surface area contributed by atoms with Crippen LogP contribution in [-0.4, -0.2) is 57.4 Å². The van der Waals surface area contributed by atoms with E-state index >= 15 is 0 Å². The number of para-hydroxylation sites is 2. The number of carbonyl (C=O) groups is 2. The van der Waals surface area contributed by atoms with E-state index in [9.17, 15) is 14.7 Å². The van der Waals surface area contributed by atoms with Crippen LogP contribution in [0.1, 0.15) is 15.9 Å². The first-order chi connectivity index (χ1) is 17.0. The number of ether oxygens (including phenoxy) is 2. The van der Waals surface area contributed by atoms with Crippen LogP contribution in [0.2, 0.25) is 0 Å². The van der Waals surface area contributed by atoms with Crippen molar-refractivity contribution in [1.82, 2.24) is 0 Å². The predicted octanol–water partition coefficient (Wildman–Crippen LogP) is 3.91. The molecule has 0 radical (unpaired) electrons. The predicted molar refractivity (Wildman–Crippen MR) is 136 cm³/mol. The molecule has 2 N–H and O–H groups in total. The second-order valence-corrected chi connectivity index (χ2v) is 8.25. The average molecular weight is 476 g/mol. The summed E-state index contributed by atoms with van der Waals surface area (Å²) in [6.07, 6.45) is 0.135. The number of hydrogen-bond donors (Lipinski definition) is 2. The van der Waals surface area contributed by atoms with Crippen LogP contribution in [0.15, 0.2) is 66.7 Å². The van der Waals surface area contributed by atoms with E-state index < -0.39 is 5.97 Å². The number of carboxylic acids is 1. The minimum Gasteiger partial charge on any atom is -0.497 e. The SMILES string of the molecule is COc1ccc(CC(=O)Nc2ccc(N3CCN(c4ccccc4OC)CC3)cc2C(=O)O)cc1. The first-order valence-electron chi connectivity index (χ1n) is 11.4. The summed E-state index contributed by atoms with van der Waals surface area (Å²) in [4.78, 5) is 28.9. The van der Waals surface area contributed by atoms with Crippen molar-refractivity contribution in [1.29, 1.82) is 0 Å². The molecule has 1 aliphatic rings. The van der Waals surface area contributed by atoms with Crippen molar-refractivity contribution in [3.8, 4) is 11.5 Å². The third-order valence-corrected chi connectivity index (χ3v) is 6.10. The van der Waals surface area contributed by atoms with Gasteiger partial charge in [-0.3, -0.25) is 4.79 Å². The van der Waals surface area contributed by atoms with Crippen LogP contribution in [0.4, 0.5) is 17.1 Å². The quantitative estimate of drug-likeness (QED) is 0.510. The molecule has 0 bridgehead atoms. The largest absolute Gasteiger partial charge is 0.497 e. The molecule has 0 aliphatic carbocycles. The lowest BCUT2D eigenvalue weighted by Gasteiger charge is -2.38. The molecule has 8 heteroatoms. The first kappa shape index (κ1) is 23.9. The maximum atomic E-state index is 12.6. The lowest BCUT2D eigenvalue weighted by molar-refractivity contribution is -0.115. The lowest BCUT2D eigenvalue weighted by Crippen LogP contribution is -2.46. The van der Waals surface area contributed by atoms with Crippen molar-refractivity contribution in [3.63, 3.8) is 0 Å². The van der Waals surface area contributed by atoms with Crippen LogP contribution >= 0.6 is 0 Å². The molecule has 0 spiro atoms. The van der Waals surface area contributed by atoms with Gasteiger partial charge in [0, 0.05) is 31.9 Å². The summed E-state index contributed by atoms with van der Waals surface area (Å²) >= 11 is 0. The number of nitrogens with one attached hydrogen (secondary N) is 1. The fraction of sp³-hybridized carbons (Fsp3) is 0.259. The number of carboxylic acid groups (broad SMARTS) is 1. The molecule has 35 heavy (non-hydrogen) atoms. The van der Waals surface area contributed by atoms with Crippen LogP contribution in [0, 0.1) is 0 Å². The number of methoxy groups -OCH3 is 2. The number of benzene rings is 3. The Morgan fingerprint density at radius 2 is 1.57 bits per heavy atom. The van der Waals surface area contributed by atoms with E-state index in [1.54, 1.807) is 38.5 Å². The number of carbonyl (C=O) groups excluding carboxylic acids is 1. The minimum absolute atomic E-state index is 0.0674. The minimum atomic E-state index is -1.08. The Labute approximate surface area is 204 Å². The van der Waals surface area contributed by atoms with Gasteiger partial charge in [0.2, 0.25) is 5.91 Å². The van der Waals surface area contributed by atoms with Gasteiger partial charge in [-0.1, -0.05) is 24.3 Å². The van der Waals surface area contributed by atoms with E-state index in [0.717, 1.165) is 48.9 Å². The molecule has 1 fully saturated rings. The van der Waals surface area contributed by atoms with Crippen molar-refractivity contribution in [3.05, 3.63) is 77.9 Å². The maximum Gasteiger partial charge on any atom is 0.337 e. The summed E-state index contributed by atoms with van der Waals surface area (Å²) in [6, 6.07) is 20.3. The molecule has 0 unspecified atom stereocenters. The van der Waals surface area contributed by atoms with Gasteiger partial charge in [-0.25, -0.2) is 4.79 Å². The van der Waals surface area contributed by atoms with Gasteiger partial charge >= 0.3 is 5.97 Å². The number of nitrogens with zero attached hydrogens (tertiary/aromatic N) is 2. The Morgan fingerprint density at radius 1 is 0.886 bits per heavy atom. The normalized spacial score (nSPS) is 13.3. The van der Waals surface area contributed by atoms with Crippen LogP contribution in [0.3, 0.4) is 0 Å². The van der Waals surface area contributed by atoms with E-state index in [-0.39, 0.29) is 23.6 Å². The van der Waals surface area contributed by atoms with Crippen LogP contribution in [0.5, 0.6) is 11.5 Å². The van der Waals surface area contributed by atoms with Gasteiger partial charge in [-0.15, -0.1) is 0 Å². The number of aromatic carboxylic acids is 1. The van der Waals surface area contributed by atoms with Gasteiger partial charge in [0.25, 0.3) is 0 Å². The summed E-state index contributed by atoms with van der Waals surface area (Å²) in [5.41, 5.74) is 3.03. The molecule has 182 valence electrons. The Hall–Kier alpha value is -4.20. The van der Waals surface area contributed by atoms with Gasteiger partial charge in [0.15, 0.2) is 0 Å². The van der Waals surface area contributed by atoms with Crippen LogP contribution < -0.4 is 24.6 Å². The van der Waals surface area contributed by atoms with Crippen molar-refractivity contribution in [2.24, 2.45) is 0 Å². The molecule has 0 aromatic heterocycles. The van der Waals surface area contributed by atoms with E-state index in [1.807, 2.05) is 42.5 Å². The molecule has 3 aromatic carbocycles. The Bertz CT molecular complexity index is 1190. The first-order valence-corrected chi connectivity index (χ1v) is 11.4. The molecule has 1 saturated heterocycles. The van der Waals surface area contributed by atoms with Crippen molar-refractivity contribution < 1.29 is 24.2 Å². The smallest absolute Gasteiger partial charge is 0.337 e. The number of hydrogen-bond acceptors (Lipinski definition) is 6. The zero-order chi connectivity index (χ0) is 24.8. The molecule has 8 nitrogen and oxygen atoms in total. The zero-order valence-electron chi connectivity index (χ0n) is 19.9. The van der Waals surface area contributed by atoms with Crippen LogP contribution in [0.25, 0.3) is 0 Å². The van der Waals surface area contributed by atoms with E-state index in [4.69, 9.17) is 9.47 Å². The third-order valence-electron chi connectivity index (χ3n) is 6.10. The number of anilines is 3. The van der Waals surface area contributed by atoms with Crippen molar-refractivity contribution in [2.45, 2.75) is 6.42 Å². The number of amides is 1. The van der Waals surface area contributed by atoms with Crippen LogP contribution in [-0.2, 0) is 11.2 Å².